The van der Waals surface area contributed by atoms with E-state index < -0.39 is 0 Å². The summed E-state index contributed by atoms with van der Waals surface area (Å²) < 4.78 is 0. The average molecular weight is 231 g/mol. The third-order valence-corrected chi connectivity index (χ3v) is 4.02. The highest BCUT2D eigenvalue weighted by atomic mass is 15.0. The maximum Gasteiger partial charge on any atom is 0.00817 e. The molecule has 1 heteroatoms. The fourth-order valence-corrected chi connectivity index (χ4v) is 2.77. The minimum absolute atomic E-state index is 0.593. The van der Waals surface area contributed by atoms with E-state index in [1.165, 1.54) is 18.4 Å². The Bertz CT molecular complexity index is 325. The first kappa shape index (κ1) is 12.6. The van der Waals surface area contributed by atoms with Crippen molar-refractivity contribution in [2.75, 3.05) is 0 Å². The Morgan fingerprint density at radius 3 is 2.35 bits per heavy atom. The van der Waals surface area contributed by atoms with Crippen molar-refractivity contribution in [3.63, 3.8) is 0 Å². The minimum Gasteiger partial charge on any atom is -0.311 e. The molecule has 1 aliphatic carbocycles. The number of hydrogen-bond donors (Lipinski definition) is 1. The first-order chi connectivity index (χ1) is 8.15. The van der Waals surface area contributed by atoms with Gasteiger partial charge in [-0.3, -0.25) is 0 Å². The average Bonchev–Trinajstić information content (AvgIpc) is 2.23. The van der Waals surface area contributed by atoms with Crippen LogP contribution in [0.15, 0.2) is 30.3 Å². The fraction of sp³-hybridized carbons (Fsp3) is 0.625. The summed E-state index contributed by atoms with van der Waals surface area (Å²) in [6, 6.07) is 12.1. The van der Waals surface area contributed by atoms with Gasteiger partial charge in [0.1, 0.15) is 0 Å². The van der Waals surface area contributed by atoms with E-state index in [4.69, 9.17) is 0 Å². The van der Waals surface area contributed by atoms with Crippen LogP contribution < -0.4 is 5.32 Å². The Kier molecular flexibility index (Phi) is 4.22. The molecule has 1 saturated carbocycles. The minimum atomic E-state index is 0.593. The summed E-state index contributed by atoms with van der Waals surface area (Å²) in [6.07, 6.45) is 3.89. The van der Waals surface area contributed by atoms with E-state index in [0.717, 1.165) is 24.3 Å². The lowest BCUT2D eigenvalue weighted by atomic mass is 9.73. The SMILES string of the molecule is CC(Cc1ccccc1)NC1CC(C(C)C)C1. The van der Waals surface area contributed by atoms with Crippen LogP contribution in [0.4, 0.5) is 0 Å². The monoisotopic (exact) mass is 231 g/mol. The van der Waals surface area contributed by atoms with Crippen LogP contribution in [-0.4, -0.2) is 12.1 Å². The fourth-order valence-electron chi connectivity index (χ4n) is 2.77. The molecule has 17 heavy (non-hydrogen) atoms. The molecule has 0 radical (unpaired) electrons. The van der Waals surface area contributed by atoms with Gasteiger partial charge in [-0.05, 0) is 43.6 Å². The first-order valence-corrected chi connectivity index (χ1v) is 6.95. The number of nitrogens with one attached hydrogen (secondary N) is 1. The zero-order valence-corrected chi connectivity index (χ0v) is 11.3. The van der Waals surface area contributed by atoms with Crippen LogP contribution in [0.1, 0.15) is 39.2 Å². The number of hydrogen-bond acceptors (Lipinski definition) is 1. The second-order valence-corrected chi connectivity index (χ2v) is 5.93. The number of rotatable bonds is 5. The van der Waals surface area contributed by atoms with E-state index in [1.807, 2.05) is 0 Å². The molecule has 1 aromatic rings. The molecule has 1 atom stereocenters. The van der Waals surface area contributed by atoms with Gasteiger partial charge in [0.25, 0.3) is 0 Å². The zero-order chi connectivity index (χ0) is 12.3. The Morgan fingerprint density at radius 2 is 1.76 bits per heavy atom. The highest BCUT2D eigenvalue weighted by Crippen LogP contribution is 2.33. The van der Waals surface area contributed by atoms with Crippen LogP contribution in [0.5, 0.6) is 0 Å². The highest BCUT2D eigenvalue weighted by molar-refractivity contribution is 5.15. The molecule has 1 N–H and O–H groups in total. The summed E-state index contributed by atoms with van der Waals surface area (Å²) in [5, 5.41) is 3.75. The smallest absolute Gasteiger partial charge is 0.00817 e. The lowest BCUT2D eigenvalue weighted by molar-refractivity contribution is 0.159. The summed E-state index contributed by atoms with van der Waals surface area (Å²) in [4.78, 5) is 0. The highest BCUT2D eigenvalue weighted by Gasteiger charge is 2.31. The van der Waals surface area contributed by atoms with Crippen LogP contribution in [0.25, 0.3) is 0 Å². The van der Waals surface area contributed by atoms with E-state index in [-0.39, 0.29) is 0 Å². The topological polar surface area (TPSA) is 12.0 Å². The normalized spacial score (nSPS) is 25.6. The molecule has 1 unspecified atom stereocenters. The standard InChI is InChI=1S/C16H25N/c1-12(2)15-10-16(11-15)17-13(3)9-14-7-5-4-6-8-14/h4-8,12-13,15-17H,9-11H2,1-3H3. The van der Waals surface area contributed by atoms with Gasteiger partial charge in [0, 0.05) is 12.1 Å². The van der Waals surface area contributed by atoms with Gasteiger partial charge in [-0.15, -0.1) is 0 Å². The maximum absolute atomic E-state index is 3.75. The molecule has 0 saturated heterocycles. The molecule has 1 fully saturated rings. The van der Waals surface area contributed by atoms with Gasteiger partial charge in [0.15, 0.2) is 0 Å². The van der Waals surface area contributed by atoms with Gasteiger partial charge >= 0.3 is 0 Å². The third kappa shape index (κ3) is 3.57. The summed E-state index contributed by atoms with van der Waals surface area (Å²) in [6.45, 7) is 6.98. The van der Waals surface area contributed by atoms with Crippen LogP contribution in [-0.2, 0) is 6.42 Å². The second kappa shape index (κ2) is 5.68. The van der Waals surface area contributed by atoms with Gasteiger partial charge in [-0.25, -0.2) is 0 Å². The van der Waals surface area contributed by atoms with Crippen molar-refractivity contribution in [2.45, 2.75) is 52.1 Å². The zero-order valence-electron chi connectivity index (χ0n) is 11.3. The molecule has 1 aromatic carbocycles. The van der Waals surface area contributed by atoms with Gasteiger partial charge in [-0.2, -0.15) is 0 Å². The molecule has 0 spiro atoms. The lowest BCUT2D eigenvalue weighted by Gasteiger charge is -2.40. The molecule has 1 aliphatic rings. The van der Waals surface area contributed by atoms with Crippen molar-refractivity contribution in [1.82, 2.24) is 5.32 Å². The summed E-state index contributed by atoms with van der Waals surface area (Å²) >= 11 is 0. The van der Waals surface area contributed by atoms with Crippen molar-refractivity contribution in [1.29, 1.82) is 0 Å². The lowest BCUT2D eigenvalue weighted by Crippen LogP contribution is -2.47. The van der Waals surface area contributed by atoms with Crippen molar-refractivity contribution in [3.8, 4) is 0 Å². The van der Waals surface area contributed by atoms with Gasteiger partial charge in [0.05, 0.1) is 0 Å². The Labute approximate surface area is 106 Å². The van der Waals surface area contributed by atoms with E-state index >= 15 is 0 Å². The third-order valence-electron chi connectivity index (χ3n) is 4.02. The molecular weight excluding hydrogens is 206 g/mol. The maximum atomic E-state index is 3.75. The largest absolute Gasteiger partial charge is 0.311 e. The summed E-state index contributed by atoms with van der Waals surface area (Å²) in [7, 11) is 0. The second-order valence-electron chi connectivity index (χ2n) is 5.93. The Morgan fingerprint density at radius 1 is 1.12 bits per heavy atom. The quantitative estimate of drug-likeness (QED) is 0.816. The Hall–Kier alpha value is -0.820. The van der Waals surface area contributed by atoms with E-state index in [9.17, 15) is 0 Å². The van der Waals surface area contributed by atoms with Gasteiger partial charge in [-0.1, -0.05) is 44.2 Å². The Balaban J connectivity index is 1.71. The molecule has 1 nitrogen and oxygen atoms in total. The first-order valence-electron chi connectivity index (χ1n) is 6.95. The van der Waals surface area contributed by atoms with Gasteiger partial charge < -0.3 is 5.32 Å². The molecule has 0 heterocycles. The van der Waals surface area contributed by atoms with E-state index in [1.54, 1.807) is 0 Å². The molecule has 0 bridgehead atoms. The van der Waals surface area contributed by atoms with Crippen molar-refractivity contribution >= 4 is 0 Å². The molecular formula is C16H25N. The van der Waals surface area contributed by atoms with Crippen molar-refractivity contribution < 1.29 is 0 Å². The predicted octanol–water partition coefficient (Wildman–Crippen LogP) is 3.64. The molecule has 0 aromatic heterocycles. The van der Waals surface area contributed by atoms with Crippen LogP contribution in [0, 0.1) is 11.8 Å². The molecule has 2 rings (SSSR count). The van der Waals surface area contributed by atoms with Crippen molar-refractivity contribution in [3.05, 3.63) is 35.9 Å². The van der Waals surface area contributed by atoms with Crippen molar-refractivity contribution in [2.24, 2.45) is 11.8 Å². The number of benzene rings is 1. The van der Waals surface area contributed by atoms with Crippen LogP contribution in [0.3, 0.4) is 0 Å². The van der Waals surface area contributed by atoms with E-state index in [2.05, 4.69) is 56.4 Å². The molecule has 94 valence electrons. The van der Waals surface area contributed by atoms with E-state index in [0.29, 0.717) is 6.04 Å². The molecule has 0 amide bonds. The van der Waals surface area contributed by atoms with Crippen LogP contribution >= 0.6 is 0 Å². The summed E-state index contributed by atoms with van der Waals surface area (Å²) in [5.74, 6) is 1.81. The van der Waals surface area contributed by atoms with Crippen LogP contribution in [0.2, 0.25) is 0 Å². The molecule has 0 aliphatic heterocycles. The van der Waals surface area contributed by atoms with Gasteiger partial charge in [0.2, 0.25) is 0 Å². The predicted molar refractivity (Wildman–Crippen MR) is 74.1 cm³/mol. The summed E-state index contributed by atoms with van der Waals surface area (Å²) in [5.41, 5.74) is 1.44.